The Kier molecular flexibility index (Phi) is 5.34. The van der Waals surface area contributed by atoms with E-state index in [0.29, 0.717) is 12.0 Å². The molecule has 1 aromatic carbocycles. The van der Waals surface area contributed by atoms with Gasteiger partial charge in [0.15, 0.2) is 0 Å². The minimum Gasteiger partial charge on any atom is -0.497 e. The Labute approximate surface area is 119 Å². The van der Waals surface area contributed by atoms with Gasteiger partial charge in [-0.3, -0.25) is 0 Å². The molecule has 1 aromatic rings. The van der Waals surface area contributed by atoms with E-state index in [1.54, 1.807) is 14.2 Å². The van der Waals surface area contributed by atoms with E-state index in [2.05, 4.69) is 0 Å². The number of halogens is 1. The summed E-state index contributed by atoms with van der Waals surface area (Å²) in [6.07, 6.45) is 4.83. The van der Waals surface area contributed by atoms with Gasteiger partial charge in [-0.2, -0.15) is 0 Å². The molecule has 0 saturated heterocycles. The Morgan fingerprint density at radius 3 is 2.68 bits per heavy atom. The van der Waals surface area contributed by atoms with Crippen LogP contribution in [0.4, 0.5) is 0 Å². The number of ether oxygens (including phenoxy) is 3. The summed E-state index contributed by atoms with van der Waals surface area (Å²) >= 11 is 5.97. The zero-order valence-corrected chi connectivity index (χ0v) is 12.3. The first-order valence-corrected chi connectivity index (χ1v) is 7.22. The Bertz CT molecular complexity index is 408. The van der Waals surface area contributed by atoms with Crippen LogP contribution < -0.4 is 9.47 Å². The third kappa shape index (κ3) is 3.77. The summed E-state index contributed by atoms with van der Waals surface area (Å²) in [5.41, 5.74) is 0.973. The highest BCUT2D eigenvalue weighted by Gasteiger charge is 2.23. The third-order valence-electron chi connectivity index (χ3n) is 3.62. The molecule has 1 aliphatic rings. The quantitative estimate of drug-likeness (QED) is 0.770. The predicted molar refractivity (Wildman–Crippen MR) is 76.2 cm³/mol. The second-order valence-electron chi connectivity index (χ2n) is 4.87. The monoisotopic (exact) mass is 284 g/mol. The number of methoxy groups -OCH3 is 2. The Morgan fingerprint density at radius 2 is 2.00 bits per heavy atom. The Morgan fingerprint density at radius 1 is 1.21 bits per heavy atom. The van der Waals surface area contributed by atoms with Crippen molar-refractivity contribution in [2.24, 2.45) is 0 Å². The average Bonchev–Trinajstić information content (AvgIpc) is 2.48. The summed E-state index contributed by atoms with van der Waals surface area (Å²) in [5.74, 6) is 2.09. The molecule has 1 saturated carbocycles. The van der Waals surface area contributed by atoms with E-state index in [-0.39, 0.29) is 6.10 Å². The van der Waals surface area contributed by atoms with Crippen LogP contribution in [0.3, 0.4) is 0 Å². The molecule has 1 aliphatic carbocycles. The van der Waals surface area contributed by atoms with Crippen LogP contribution in [0.25, 0.3) is 0 Å². The lowest BCUT2D eigenvalue weighted by Crippen LogP contribution is -2.29. The topological polar surface area (TPSA) is 27.7 Å². The van der Waals surface area contributed by atoms with E-state index < -0.39 is 0 Å². The molecule has 2 atom stereocenters. The average molecular weight is 285 g/mol. The van der Waals surface area contributed by atoms with Crippen molar-refractivity contribution in [3.63, 3.8) is 0 Å². The first kappa shape index (κ1) is 14.5. The van der Waals surface area contributed by atoms with Gasteiger partial charge < -0.3 is 14.2 Å². The summed E-state index contributed by atoms with van der Waals surface area (Å²) in [6, 6.07) is 5.77. The van der Waals surface area contributed by atoms with E-state index >= 15 is 0 Å². The number of rotatable bonds is 5. The van der Waals surface area contributed by atoms with Gasteiger partial charge >= 0.3 is 0 Å². The van der Waals surface area contributed by atoms with Gasteiger partial charge in [0.1, 0.15) is 17.6 Å². The molecule has 0 aromatic heterocycles. The van der Waals surface area contributed by atoms with Gasteiger partial charge in [0, 0.05) is 19.1 Å². The normalized spacial score (nSPS) is 23.1. The van der Waals surface area contributed by atoms with E-state index in [0.717, 1.165) is 42.7 Å². The molecular weight excluding hydrogens is 264 g/mol. The van der Waals surface area contributed by atoms with Crippen LogP contribution in [0.15, 0.2) is 18.2 Å². The maximum Gasteiger partial charge on any atom is 0.124 e. The van der Waals surface area contributed by atoms with E-state index in [4.69, 9.17) is 25.8 Å². The predicted octanol–water partition coefficient (Wildman–Crippen LogP) is 3.77. The van der Waals surface area contributed by atoms with Gasteiger partial charge in [-0.05, 0) is 37.5 Å². The maximum absolute atomic E-state index is 6.09. The minimum atomic E-state index is 0.217. The van der Waals surface area contributed by atoms with Crippen LogP contribution in [0, 0.1) is 0 Å². The molecule has 0 radical (unpaired) electrons. The molecule has 0 bridgehead atoms. The second-order valence-corrected chi connectivity index (χ2v) is 5.14. The van der Waals surface area contributed by atoms with E-state index in [9.17, 15) is 0 Å². The highest BCUT2D eigenvalue weighted by atomic mass is 35.5. The van der Waals surface area contributed by atoms with Crippen LogP contribution in [-0.2, 0) is 10.6 Å². The zero-order valence-electron chi connectivity index (χ0n) is 11.5. The molecule has 0 aliphatic heterocycles. The molecule has 2 unspecified atom stereocenters. The van der Waals surface area contributed by atoms with Gasteiger partial charge in [0.05, 0.1) is 19.1 Å². The molecule has 1 fully saturated rings. The molecule has 106 valence electrons. The summed E-state index contributed by atoms with van der Waals surface area (Å²) in [4.78, 5) is 0. The van der Waals surface area contributed by atoms with Gasteiger partial charge in [-0.25, -0.2) is 0 Å². The Balaban J connectivity index is 2.05. The van der Waals surface area contributed by atoms with Gasteiger partial charge in [-0.15, -0.1) is 11.6 Å². The highest BCUT2D eigenvalue weighted by Crippen LogP contribution is 2.30. The van der Waals surface area contributed by atoms with Crippen LogP contribution in [-0.4, -0.2) is 26.4 Å². The molecule has 2 rings (SSSR count). The molecule has 19 heavy (non-hydrogen) atoms. The van der Waals surface area contributed by atoms with Crippen molar-refractivity contribution in [2.75, 3.05) is 14.2 Å². The second kappa shape index (κ2) is 7.01. The van der Waals surface area contributed by atoms with Crippen LogP contribution >= 0.6 is 11.6 Å². The van der Waals surface area contributed by atoms with Crippen molar-refractivity contribution in [1.29, 1.82) is 0 Å². The minimum absolute atomic E-state index is 0.217. The molecule has 0 spiro atoms. The first-order valence-electron chi connectivity index (χ1n) is 6.69. The number of benzene rings is 1. The van der Waals surface area contributed by atoms with Gasteiger partial charge in [0.25, 0.3) is 0 Å². The highest BCUT2D eigenvalue weighted by molar-refractivity contribution is 6.17. The summed E-state index contributed by atoms with van der Waals surface area (Å²) in [6.45, 7) is 0. The lowest BCUT2D eigenvalue weighted by molar-refractivity contribution is 0.0207. The fourth-order valence-electron chi connectivity index (χ4n) is 2.50. The van der Waals surface area contributed by atoms with Crippen molar-refractivity contribution in [3.8, 4) is 11.5 Å². The largest absolute Gasteiger partial charge is 0.497 e. The first-order chi connectivity index (χ1) is 9.26. The number of hydrogen-bond donors (Lipinski definition) is 0. The summed E-state index contributed by atoms with van der Waals surface area (Å²) < 4.78 is 16.7. The van der Waals surface area contributed by atoms with Gasteiger partial charge in [-0.1, -0.05) is 0 Å². The SMILES string of the molecule is COc1ccc(OC2CCCC(OC)C2)c(CCl)c1. The van der Waals surface area contributed by atoms with E-state index in [1.807, 2.05) is 18.2 Å². The smallest absolute Gasteiger partial charge is 0.124 e. The van der Waals surface area contributed by atoms with E-state index in [1.165, 1.54) is 0 Å². The van der Waals surface area contributed by atoms with Crippen LogP contribution in [0.1, 0.15) is 31.2 Å². The third-order valence-corrected chi connectivity index (χ3v) is 3.90. The fourth-order valence-corrected chi connectivity index (χ4v) is 2.71. The van der Waals surface area contributed by atoms with Crippen molar-refractivity contribution in [1.82, 2.24) is 0 Å². The molecule has 0 N–H and O–H groups in total. The summed E-state index contributed by atoms with van der Waals surface area (Å²) in [5, 5.41) is 0. The fraction of sp³-hybridized carbons (Fsp3) is 0.600. The molecule has 0 heterocycles. The lowest BCUT2D eigenvalue weighted by atomic mass is 9.95. The molecular formula is C15H21ClO3. The number of hydrogen-bond acceptors (Lipinski definition) is 3. The van der Waals surface area contributed by atoms with Crippen molar-refractivity contribution in [3.05, 3.63) is 23.8 Å². The summed E-state index contributed by atoms with van der Waals surface area (Å²) in [7, 11) is 3.42. The van der Waals surface area contributed by atoms with Crippen molar-refractivity contribution >= 4 is 11.6 Å². The van der Waals surface area contributed by atoms with Crippen molar-refractivity contribution in [2.45, 2.75) is 43.8 Å². The lowest BCUT2D eigenvalue weighted by Gasteiger charge is -2.29. The Hall–Kier alpha value is -0.930. The standard InChI is InChI=1S/C15H21ClO3/c1-17-12-4-3-5-14(9-12)19-15-7-6-13(18-2)8-11(15)10-16/h6-8,12,14H,3-5,9-10H2,1-2H3. The zero-order chi connectivity index (χ0) is 13.7. The van der Waals surface area contributed by atoms with Crippen LogP contribution in [0.2, 0.25) is 0 Å². The molecule has 4 heteroatoms. The molecule has 3 nitrogen and oxygen atoms in total. The van der Waals surface area contributed by atoms with Crippen molar-refractivity contribution < 1.29 is 14.2 Å². The number of alkyl halides is 1. The maximum atomic E-state index is 6.09. The van der Waals surface area contributed by atoms with Crippen LogP contribution in [0.5, 0.6) is 11.5 Å². The molecule has 0 amide bonds. The van der Waals surface area contributed by atoms with Gasteiger partial charge in [0.2, 0.25) is 0 Å².